The molecule has 8 heteroatoms. The van der Waals surface area contributed by atoms with Gasteiger partial charge in [-0.25, -0.2) is 5.48 Å². The van der Waals surface area contributed by atoms with Crippen molar-refractivity contribution in [3.63, 3.8) is 0 Å². The first-order chi connectivity index (χ1) is 8.61. The van der Waals surface area contributed by atoms with Crippen molar-refractivity contribution in [3.05, 3.63) is 11.7 Å². The van der Waals surface area contributed by atoms with E-state index in [0.29, 0.717) is 18.1 Å². The molecule has 0 aliphatic rings. The largest absolute Gasteiger partial charge is 0.368 e. The number of primary amides is 1. The monoisotopic (exact) mass is 256 g/mol. The fourth-order valence-electron chi connectivity index (χ4n) is 1.18. The Morgan fingerprint density at radius 3 is 2.89 bits per heavy atom. The number of aromatic nitrogens is 2. The average Bonchev–Trinajstić information content (AvgIpc) is 2.74. The number of carbonyl (C=O) groups excluding carboxylic acids is 2. The van der Waals surface area contributed by atoms with Gasteiger partial charge in [-0.15, -0.1) is 0 Å². The van der Waals surface area contributed by atoms with Crippen LogP contribution in [0.15, 0.2) is 4.52 Å². The lowest BCUT2D eigenvalue weighted by molar-refractivity contribution is -0.137. The zero-order chi connectivity index (χ0) is 13.4. The minimum atomic E-state index is -0.656. The topological polar surface area (TPSA) is 120 Å². The van der Waals surface area contributed by atoms with Crippen molar-refractivity contribution in [2.75, 3.05) is 6.61 Å². The number of hydroxylamine groups is 1. The highest BCUT2D eigenvalue weighted by atomic mass is 16.7. The van der Waals surface area contributed by atoms with Crippen LogP contribution in [0.4, 0.5) is 0 Å². The number of nitrogens with one attached hydrogen (secondary N) is 1. The molecular formula is C10H16N4O4. The molecule has 1 aromatic heterocycles. The molecule has 0 saturated carbocycles. The van der Waals surface area contributed by atoms with E-state index in [9.17, 15) is 9.59 Å². The molecule has 0 saturated heterocycles. The molecule has 8 nitrogen and oxygen atoms in total. The molecule has 1 heterocycles. The van der Waals surface area contributed by atoms with Gasteiger partial charge in [-0.05, 0) is 6.42 Å². The third-order valence-electron chi connectivity index (χ3n) is 1.95. The summed E-state index contributed by atoms with van der Waals surface area (Å²) < 4.78 is 4.95. The van der Waals surface area contributed by atoms with Crippen LogP contribution in [0.3, 0.4) is 0 Å². The normalized spacial score (nSPS) is 10.3. The van der Waals surface area contributed by atoms with Gasteiger partial charge in [0.1, 0.15) is 0 Å². The Labute approximate surface area is 104 Å². The van der Waals surface area contributed by atoms with Crippen LogP contribution < -0.4 is 11.2 Å². The average molecular weight is 256 g/mol. The Kier molecular flexibility index (Phi) is 5.78. The van der Waals surface area contributed by atoms with Gasteiger partial charge < -0.3 is 10.3 Å². The summed E-state index contributed by atoms with van der Waals surface area (Å²) >= 11 is 0. The zero-order valence-corrected chi connectivity index (χ0v) is 10.1. The molecule has 0 fully saturated rings. The third-order valence-corrected chi connectivity index (χ3v) is 1.95. The van der Waals surface area contributed by atoms with E-state index in [1.807, 2.05) is 6.92 Å². The van der Waals surface area contributed by atoms with Gasteiger partial charge in [0.05, 0.1) is 0 Å². The van der Waals surface area contributed by atoms with Gasteiger partial charge in [-0.2, -0.15) is 4.98 Å². The minimum Gasteiger partial charge on any atom is -0.368 e. The Hall–Kier alpha value is -1.96. The van der Waals surface area contributed by atoms with Gasteiger partial charge >= 0.3 is 0 Å². The van der Waals surface area contributed by atoms with E-state index in [1.54, 1.807) is 0 Å². The minimum absolute atomic E-state index is 0.131. The van der Waals surface area contributed by atoms with Crippen LogP contribution in [0.2, 0.25) is 0 Å². The standard InChI is InChI=1S/C10H16N4O4/c1-2-3-8-12-10(18-13-8)5-4-9(16)14-17-6-7(11)15/h2-6H2,1H3,(H2,11,15)(H,14,16). The predicted molar refractivity (Wildman–Crippen MR) is 59.9 cm³/mol. The lowest BCUT2D eigenvalue weighted by Crippen LogP contribution is -2.29. The van der Waals surface area contributed by atoms with Crippen LogP contribution >= 0.6 is 0 Å². The van der Waals surface area contributed by atoms with Crippen molar-refractivity contribution in [2.45, 2.75) is 32.6 Å². The van der Waals surface area contributed by atoms with Crippen molar-refractivity contribution < 1.29 is 18.9 Å². The molecule has 1 aromatic rings. The van der Waals surface area contributed by atoms with Crippen molar-refractivity contribution in [3.8, 4) is 0 Å². The number of rotatable bonds is 8. The summed E-state index contributed by atoms with van der Waals surface area (Å²) in [6, 6.07) is 0. The van der Waals surface area contributed by atoms with Crippen molar-refractivity contribution in [1.29, 1.82) is 0 Å². The Morgan fingerprint density at radius 2 is 2.22 bits per heavy atom. The van der Waals surface area contributed by atoms with E-state index in [-0.39, 0.29) is 18.9 Å². The maximum Gasteiger partial charge on any atom is 0.246 e. The molecule has 18 heavy (non-hydrogen) atoms. The number of amides is 2. The summed E-state index contributed by atoms with van der Waals surface area (Å²) in [5, 5.41) is 3.76. The lowest BCUT2D eigenvalue weighted by atomic mass is 10.3. The van der Waals surface area contributed by atoms with Gasteiger partial charge in [0.2, 0.25) is 17.7 Å². The highest BCUT2D eigenvalue weighted by Crippen LogP contribution is 2.02. The van der Waals surface area contributed by atoms with E-state index in [0.717, 1.165) is 12.8 Å². The number of nitrogens with zero attached hydrogens (tertiary/aromatic N) is 2. The molecule has 2 amide bonds. The van der Waals surface area contributed by atoms with Crippen LogP contribution in [0.1, 0.15) is 31.5 Å². The highest BCUT2D eigenvalue weighted by Gasteiger charge is 2.09. The van der Waals surface area contributed by atoms with Gasteiger partial charge in [0.25, 0.3) is 0 Å². The van der Waals surface area contributed by atoms with Gasteiger partial charge in [-0.3, -0.25) is 14.4 Å². The lowest BCUT2D eigenvalue weighted by Gasteiger charge is -2.02. The van der Waals surface area contributed by atoms with Crippen molar-refractivity contribution in [2.24, 2.45) is 5.73 Å². The number of hydrogen-bond donors (Lipinski definition) is 2. The molecule has 0 atom stereocenters. The molecule has 0 radical (unpaired) electrons. The first-order valence-electron chi connectivity index (χ1n) is 5.62. The Balaban J connectivity index is 2.22. The number of hydrogen-bond acceptors (Lipinski definition) is 6. The SMILES string of the molecule is CCCc1noc(CCC(=O)NOCC(N)=O)n1. The van der Waals surface area contributed by atoms with Gasteiger partial charge in [-0.1, -0.05) is 12.1 Å². The molecule has 0 unspecified atom stereocenters. The zero-order valence-electron chi connectivity index (χ0n) is 10.1. The van der Waals surface area contributed by atoms with E-state index in [4.69, 9.17) is 10.3 Å². The van der Waals surface area contributed by atoms with Crippen molar-refractivity contribution in [1.82, 2.24) is 15.6 Å². The van der Waals surface area contributed by atoms with E-state index in [1.165, 1.54) is 0 Å². The van der Waals surface area contributed by atoms with Crippen molar-refractivity contribution >= 4 is 11.8 Å². The Morgan fingerprint density at radius 1 is 1.44 bits per heavy atom. The molecule has 1 rings (SSSR count). The van der Waals surface area contributed by atoms with E-state index < -0.39 is 5.91 Å². The second kappa shape index (κ2) is 7.38. The van der Waals surface area contributed by atoms with E-state index >= 15 is 0 Å². The first kappa shape index (κ1) is 14.1. The number of nitrogens with two attached hydrogens (primary N) is 1. The summed E-state index contributed by atoms with van der Waals surface area (Å²) in [7, 11) is 0. The molecule has 0 aromatic carbocycles. The van der Waals surface area contributed by atoms with Crippen LogP contribution in [0.5, 0.6) is 0 Å². The maximum absolute atomic E-state index is 11.3. The van der Waals surface area contributed by atoms with Gasteiger partial charge in [0, 0.05) is 19.3 Å². The fraction of sp³-hybridized carbons (Fsp3) is 0.600. The fourth-order valence-corrected chi connectivity index (χ4v) is 1.18. The second-order valence-electron chi connectivity index (χ2n) is 3.63. The van der Waals surface area contributed by atoms with E-state index in [2.05, 4.69) is 20.5 Å². The number of carbonyl (C=O) groups is 2. The quantitative estimate of drug-likeness (QED) is 0.604. The first-order valence-corrected chi connectivity index (χ1v) is 5.62. The maximum atomic E-state index is 11.3. The summed E-state index contributed by atoms with van der Waals surface area (Å²) in [5.74, 6) is 0.00397. The molecular weight excluding hydrogens is 240 g/mol. The third kappa shape index (κ3) is 5.39. The summed E-state index contributed by atoms with van der Waals surface area (Å²) in [4.78, 5) is 30.2. The summed E-state index contributed by atoms with van der Waals surface area (Å²) in [6.45, 7) is 1.66. The molecule has 0 spiro atoms. The van der Waals surface area contributed by atoms with Crippen LogP contribution in [-0.4, -0.2) is 28.6 Å². The second-order valence-corrected chi connectivity index (χ2v) is 3.63. The summed E-state index contributed by atoms with van der Waals surface area (Å²) in [5.41, 5.74) is 6.91. The summed E-state index contributed by atoms with van der Waals surface area (Å²) in [6.07, 6.45) is 2.13. The van der Waals surface area contributed by atoms with Crippen LogP contribution in [0.25, 0.3) is 0 Å². The predicted octanol–water partition coefficient (Wildman–Crippen LogP) is -0.512. The number of aryl methyl sites for hydroxylation is 2. The molecule has 0 aliphatic heterocycles. The molecule has 0 aliphatic carbocycles. The Bertz CT molecular complexity index is 404. The molecule has 100 valence electrons. The van der Waals surface area contributed by atoms with Crippen LogP contribution in [0, 0.1) is 0 Å². The highest BCUT2D eigenvalue weighted by molar-refractivity contribution is 5.76. The molecule has 0 bridgehead atoms. The van der Waals surface area contributed by atoms with Gasteiger partial charge in [0.15, 0.2) is 12.4 Å². The smallest absolute Gasteiger partial charge is 0.246 e. The van der Waals surface area contributed by atoms with Crippen LogP contribution in [-0.2, 0) is 27.3 Å². The molecule has 3 N–H and O–H groups in total.